The first-order valence-corrected chi connectivity index (χ1v) is 11.6. The Bertz CT molecular complexity index is 1020. The molecular formula is C17H18ClN3O7S2. The number of amides is 1. The Morgan fingerprint density at radius 2 is 1.97 bits per heavy atom. The molecule has 0 radical (unpaired) electrons. The van der Waals surface area contributed by atoms with Gasteiger partial charge in [0, 0.05) is 18.2 Å². The second-order valence-corrected chi connectivity index (χ2v) is 10.0. The minimum atomic E-state index is -4.09. The summed E-state index contributed by atoms with van der Waals surface area (Å²) in [7, 11) is -4.09. The molecule has 13 heteroatoms. The Labute approximate surface area is 181 Å². The van der Waals surface area contributed by atoms with E-state index in [0.29, 0.717) is 15.9 Å². The summed E-state index contributed by atoms with van der Waals surface area (Å²) < 4.78 is 45.0. The minimum Gasteiger partial charge on any atom is -0.487 e. The van der Waals surface area contributed by atoms with Gasteiger partial charge in [-0.3, -0.25) is 10.0 Å². The second kappa shape index (κ2) is 8.38. The van der Waals surface area contributed by atoms with Crippen molar-refractivity contribution in [2.24, 2.45) is 0 Å². The molecule has 1 aliphatic carbocycles. The molecule has 30 heavy (non-hydrogen) atoms. The number of thiazole rings is 1. The third-order valence-electron chi connectivity index (χ3n) is 4.99. The van der Waals surface area contributed by atoms with E-state index >= 15 is 0 Å². The lowest BCUT2D eigenvalue weighted by atomic mass is 9.98. The number of hydrogen-bond acceptors (Lipinski definition) is 9. The van der Waals surface area contributed by atoms with Gasteiger partial charge in [-0.15, -0.1) is 11.3 Å². The molecule has 3 N–H and O–H groups in total. The molecule has 2 heterocycles. The molecule has 4 rings (SSSR count). The monoisotopic (exact) mass is 475 g/mol. The number of hydroxylamine groups is 1. The van der Waals surface area contributed by atoms with Crippen LogP contribution in [0.15, 0.2) is 34.5 Å². The maximum atomic E-state index is 12.9. The molecule has 162 valence electrons. The van der Waals surface area contributed by atoms with E-state index < -0.39 is 33.7 Å². The van der Waals surface area contributed by atoms with Gasteiger partial charge >= 0.3 is 0 Å². The summed E-state index contributed by atoms with van der Waals surface area (Å²) in [6.45, 7) is 0.281. The van der Waals surface area contributed by atoms with Crippen molar-refractivity contribution in [1.29, 1.82) is 0 Å². The van der Waals surface area contributed by atoms with Crippen molar-refractivity contribution in [3.8, 4) is 5.75 Å². The highest BCUT2D eigenvalue weighted by molar-refractivity contribution is 7.89. The average molecular weight is 476 g/mol. The molecule has 1 saturated heterocycles. The van der Waals surface area contributed by atoms with E-state index in [2.05, 4.69) is 9.71 Å². The molecule has 2 fully saturated rings. The Balaban J connectivity index is 1.47. The van der Waals surface area contributed by atoms with Crippen LogP contribution in [0, 0.1) is 0 Å². The lowest BCUT2D eigenvalue weighted by Crippen LogP contribution is -2.57. The maximum absolute atomic E-state index is 12.9. The summed E-state index contributed by atoms with van der Waals surface area (Å²) >= 11 is 7.06. The normalized spacial score (nSPS) is 25.8. The van der Waals surface area contributed by atoms with Gasteiger partial charge in [0.1, 0.15) is 24.7 Å². The zero-order valence-electron chi connectivity index (χ0n) is 15.4. The third kappa shape index (κ3) is 4.30. The van der Waals surface area contributed by atoms with Crippen molar-refractivity contribution in [3.05, 3.63) is 39.8 Å². The zero-order valence-corrected chi connectivity index (χ0v) is 17.8. The topological polar surface area (TPSA) is 136 Å². The maximum Gasteiger partial charge on any atom is 0.264 e. The van der Waals surface area contributed by atoms with Gasteiger partial charge in [0.25, 0.3) is 5.91 Å². The molecule has 2 aromatic rings. The lowest BCUT2D eigenvalue weighted by Gasteiger charge is -2.28. The second-order valence-electron chi connectivity index (χ2n) is 6.92. The van der Waals surface area contributed by atoms with Crippen molar-refractivity contribution in [2.45, 2.75) is 42.1 Å². The van der Waals surface area contributed by atoms with Crippen molar-refractivity contribution in [3.63, 3.8) is 0 Å². The number of aromatic nitrogens is 1. The smallest absolute Gasteiger partial charge is 0.264 e. The molecule has 1 aromatic heterocycles. The predicted molar refractivity (Wildman–Crippen MR) is 105 cm³/mol. The number of sulfonamides is 1. The van der Waals surface area contributed by atoms with Gasteiger partial charge in [0.2, 0.25) is 10.0 Å². The Morgan fingerprint density at radius 3 is 2.53 bits per heavy atom. The Kier molecular flexibility index (Phi) is 5.99. The molecule has 1 aromatic carbocycles. The Morgan fingerprint density at radius 1 is 1.30 bits per heavy atom. The van der Waals surface area contributed by atoms with E-state index in [1.54, 1.807) is 10.9 Å². The van der Waals surface area contributed by atoms with Crippen LogP contribution in [0.1, 0.15) is 18.5 Å². The van der Waals surface area contributed by atoms with Crippen LogP contribution in [0.25, 0.3) is 0 Å². The quantitative estimate of drug-likeness (QED) is 0.404. The number of rotatable bonds is 7. The number of ether oxygens (including phenoxy) is 3. The van der Waals surface area contributed by atoms with Gasteiger partial charge in [0.05, 0.1) is 22.8 Å². The SMILES string of the molecule is O=C(NO)C1(NS(=O)(=O)c2ccc(OCc3csc(Cl)n3)cc2)CC2OCOC2C1. The van der Waals surface area contributed by atoms with Gasteiger partial charge < -0.3 is 14.2 Å². The number of carbonyl (C=O) groups is 1. The predicted octanol–water partition coefficient (Wildman–Crippen LogP) is 1.43. The van der Waals surface area contributed by atoms with Crippen LogP contribution in [0.5, 0.6) is 5.75 Å². The highest BCUT2D eigenvalue weighted by Crippen LogP contribution is 2.38. The van der Waals surface area contributed by atoms with E-state index in [0.717, 1.165) is 0 Å². The highest BCUT2D eigenvalue weighted by atomic mass is 35.5. The molecule has 10 nitrogen and oxygen atoms in total. The van der Waals surface area contributed by atoms with E-state index in [4.69, 9.17) is 31.0 Å². The molecule has 2 atom stereocenters. The van der Waals surface area contributed by atoms with Crippen LogP contribution < -0.4 is 14.9 Å². The van der Waals surface area contributed by atoms with Crippen molar-refractivity contribution in [1.82, 2.24) is 15.2 Å². The summed E-state index contributed by atoms with van der Waals surface area (Å²) in [5.41, 5.74) is 0.625. The average Bonchev–Trinajstić information content (AvgIpc) is 3.41. The zero-order chi connectivity index (χ0) is 21.4. The summed E-state index contributed by atoms with van der Waals surface area (Å²) in [6.07, 6.45) is -0.776. The fourth-order valence-electron chi connectivity index (χ4n) is 3.54. The van der Waals surface area contributed by atoms with Gasteiger partial charge in [-0.2, -0.15) is 4.72 Å². The van der Waals surface area contributed by atoms with E-state index in [1.807, 2.05) is 0 Å². The first-order chi connectivity index (χ1) is 14.3. The van der Waals surface area contributed by atoms with Crippen LogP contribution in [0.3, 0.4) is 0 Å². The summed E-state index contributed by atoms with van der Waals surface area (Å²) in [4.78, 5) is 16.3. The van der Waals surface area contributed by atoms with Crippen molar-refractivity contribution >= 4 is 38.9 Å². The fraction of sp³-hybridized carbons (Fsp3) is 0.412. The number of carbonyl (C=O) groups excluding carboxylic acids is 1. The molecule has 0 bridgehead atoms. The van der Waals surface area contributed by atoms with Crippen molar-refractivity contribution < 1.29 is 32.6 Å². The molecule has 0 spiro atoms. The van der Waals surface area contributed by atoms with E-state index in [1.165, 1.54) is 35.6 Å². The number of hydrogen-bond donors (Lipinski definition) is 3. The first kappa shape index (κ1) is 21.4. The molecule has 1 saturated carbocycles. The summed E-state index contributed by atoms with van der Waals surface area (Å²) in [5, 5.41) is 10.9. The molecular weight excluding hydrogens is 458 g/mol. The Hall–Kier alpha value is -1.80. The standard InChI is InChI=1S/C17H18ClN3O7S2/c18-16-19-10(8-29-16)7-26-11-1-3-12(4-2-11)30(24,25)21-17(15(22)20-23)5-13-14(6-17)28-9-27-13/h1-4,8,13-14,21,23H,5-7,9H2,(H,20,22). The highest BCUT2D eigenvalue weighted by Gasteiger charge is 2.55. The van der Waals surface area contributed by atoms with Gasteiger partial charge in [0.15, 0.2) is 4.47 Å². The van der Waals surface area contributed by atoms with Gasteiger partial charge in [-0.05, 0) is 24.3 Å². The van der Waals surface area contributed by atoms with Gasteiger partial charge in [-0.1, -0.05) is 11.6 Å². The lowest BCUT2D eigenvalue weighted by molar-refractivity contribution is -0.136. The number of nitrogens with one attached hydrogen (secondary N) is 2. The van der Waals surface area contributed by atoms with Gasteiger partial charge in [-0.25, -0.2) is 18.9 Å². The van der Waals surface area contributed by atoms with Crippen molar-refractivity contribution in [2.75, 3.05) is 6.79 Å². The van der Waals surface area contributed by atoms with E-state index in [9.17, 15) is 13.2 Å². The van der Waals surface area contributed by atoms with Crippen LogP contribution in [0.4, 0.5) is 0 Å². The number of nitrogens with zero attached hydrogens (tertiary/aromatic N) is 1. The summed E-state index contributed by atoms with van der Waals surface area (Å²) in [5.74, 6) is -0.423. The van der Waals surface area contributed by atoms with Crippen LogP contribution in [-0.4, -0.2) is 49.1 Å². The molecule has 2 unspecified atom stereocenters. The van der Waals surface area contributed by atoms with E-state index in [-0.39, 0.29) is 31.1 Å². The third-order valence-corrected chi connectivity index (χ3v) is 7.57. The summed E-state index contributed by atoms with van der Waals surface area (Å²) in [6, 6.07) is 5.71. The molecule has 2 aliphatic rings. The number of halogens is 1. The largest absolute Gasteiger partial charge is 0.487 e. The molecule has 1 amide bonds. The first-order valence-electron chi connectivity index (χ1n) is 8.86. The molecule has 1 aliphatic heterocycles. The van der Waals surface area contributed by atoms with Crippen LogP contribution >= 0.6 is 22.9 Å². The number of fused-ring (bicyclic) bond motifs is 1. The minimum absolute atomic E-state index is 0.0423. The number of benzene rings is 1. The fourth-order valence-corrected chi connectivity index (χ4v) is 5.69. The van der Waals surface area contributed by atoms with Crippen LogP contribution in [-0.2, 0) is 30.9 Å². The van der Waals surface area contributed by atoms with Crippen LogP contribution in [0.2, 0.25) is 4.47 Å².